The molecule has 0 aliphatic heterocycles. The molecule has 0 heterocycles. The van der Waals surface area contributed by atoms with Crippen molar-refractivity contribution in [2.24, 2.45) is 5.73 Å². The number of nitrogens with two attached hydrogens (primary N) is 1. The number of benzene rings is 1. The molecule has 1 rings (SSSR count). The Labute approximate surface area is 91.6 Å². The molecule has 0 saturated carbocycles. The summed E-state index contributed by atoms with van der Waals surface area (Å²) < 4.78 is 41.4. The molecule has 0 aromatic heterocycles. The second-order valence-electron chi connectivity index (χ2n) is 2.80. The van der Waals surface area contributed by atoms with Crippen LogP contribution < -0.4 is 10.5 Å². The van der Waals surface area contributed by atoms with Gasteiger partial charge in [-0.2, -0.15) is 13.2 Å². The van der Waals surface area contributed by atoms with Crippen LogP contribution >= 0.6 is 12.4 Å². The van der Waals surface area contributed by atoms with E-state index >= 15 is 0 Å². The third kappa shape index (κ3) is 3.60. The maximum absolute atomic E-state index is 12.2. The van der Waals surface area contributed by atoms with Crippen LogP contribution in [0, 0.1) is 0 Å². The number of alkyl halides is 3. The van der Waals surface area contributed by atoms with E-state index < -0.39 is 12.2 Å². The second kappa shape index (κ2) is 5.23. The van der Waals surface area contributed by atoms with E-state index in [1.54, 1.807) is 6.07 Å². The van der Waals surface area contributed by atoms with Gasteiger partial charge in [0.15, 0.2) is 0 Å². The third-order valence-electron chi connectivity index (χ3n) is 1.81. The normalized spacial score (nSPS) is 12.9. The van der Waals surface area contributed by atoms with Crippen molar-refractivity contribution in [3.8, 4) is 5.75 Å². The molecule has 0 spiro atoms. The number of rotatable bonds is 2. The fourth-order valence-electron chi connectivity index (χ4n) is 1.02. The first kappa shape index (κ1) is 14.1. The van der Waals surface area contributed by atoms with Gasteiger partial charge in [-0.05, 0) is 17.7 Å². The van der Waals surface area contributed by atoms with Crippen molar-refractivity contribution in [3.05, 3.63) is 29.8 Å². The van der Waals surface area contributed by atoms with Crippen molar-refractivity contribution in [2.75, 3.05) is 7.11 Å². The summed E-state index contributed by atoms with van der Waals surface area (Å²) in [4.78, 5) is 0. The summed E-state index contributed by atoms with van der Waals surface area (Å²) in [5.74, 6) is 0.363. The van der Waals surface area contributed by atoms with Gasteiger partial charge in [0.1, 0.15) is 11.8 Å². The molecule has 0 aliphatic carbocycles. The van der Waals surface area contributed by atoms with Crippen molar-refractivity contribution < 1.29 is 17.9 Å². The highest BCUT2D eigenvalue weighted by atomic mass is 35.5. The Morgan fingerprint density at radius 1 is 1.33 bits per heavy atom. The Kier molecular flexibility index (Phi) is 4.90. The van der Waals surface area contributed by atoms with Crippen molar-refractivity contribution in [1.29, 1.82) is 0 Å². The SMILES string of the molecule is COc1cccc([C@H](N)C(F)(F)F)c1.Cl. The van der Waals surface area contributed by atoms with Crippen LogP contribution in [0.3, 0.4) is 0 Å². The van der Waals surface area contributed by atoms with E-state index in [9.17, 15) is 13.2 Å². The van der Waals surface area contributed by atoms with Gasteiger partial charge in [-0.1, -0.05) is 12.1 Å². The smallest absolute Gasteiger partial charge is 0.407 e. The summed E-state index contributed by atoms with van der Waals surface area (Å²) in [6.07, 6.45) is -4.42. The monoisotopic (exact) mass is 241 g/mol. The first-order valence-electron chi connectivity index (χ1n) is 3.91. The molecule has 6 heteroatoms. The lowest BCUT2D eigenvalue weighted by atomic mass is 10.1. The minimum atomic E-state index is -4.42. The van der Waals surface area contributed by atoms with E-state index in [4.69, 9.17) is 10.5 Å². The topological polar surface area (TPSA) is 35.2 Å². The van der Waals surface area contributed by atoms with E-state index in [0.29, 0.717) is 5.75 Å². The largest absolute Gasteiger partial charge is 0.497 e. The van der Waals surface area contributed by atoms with E-state index in [1.807, 2.05) is 0 Å². The van der Waals surface area contributed by atoms with Gasteiger partial charge >= 0.3 is 6.18 Å². The number of methoxy groups -OCH3 is 1. The number of hydrogen-bond donors (Lipinski definition) is 1. The third-order valence-corrected chi connectivity index (χ3v) is 1.81. The summed E-state index contributed by atoms with van der Waals surface area (Å²) in [5.41, 5.74) is 5.01. The Morgan fingerprint density at radius 3 is 2.40 bits per heavy atom. The van der Waals surface area contributed by atoms with Gasteiger partial charge in [-0.3, -0.25) is 0 Å². The fraction of sp³-hybridized carbons (Fsp3) is 0.333. The van der Waals surface area contributed by atoms with Crippen LogP contribution in [0.25, 0.3) is 0 Å². The summed E-state index contributed by atoms with van der Waals surface area (Å²) in [5, 5.41) is 0. The highest BCUT2D eigenvalue weighted by molar-refractivity contribution is 5.85. The lowest BCUT2D eigenvalue weighted by Gasteiger charge is -2.16. The second-order valence-corrected chi connectivity index (χ2v) is 2.80. The molecule has 1 aromatic carbocycles. The Morgan fingerprint density at radius 2 is 1.93 bits per heavy atom. The van der Waals surface area contributed by atoms with E-state index in [2.05, 4.69) is 0 Å². The van der Waals surface area contributed by atoms with Gasteiger partial charge in [-0.15, -0.1) is 12.4 Å². The maximum Gasteiger partial charge on any atom is 0.407 e. The van der Waals surface area contributed by atoms with Crippen molar-refractivity contribution in [1.82, 2.24) is 0 Å². The Balaban J connectivity index is 0.00000196. The van der Waals surface area contributed by atoms with E-state index in [-0.39, 0.29) is 18.0 Å². The zero-order valence-electron chi connectivity index (χ0n) is 7.91. The van der Waals surface area contributed by atoms with E-state index in [1.165, 1.54) is 25.3 Å². The van der Waals surface area contributed by atoms with Gasteiger partial charge in [0.2, 0.25) is 0 Å². The number of halogens is 4. The highest BCUT2D eigenvalue weighted by Gasteiger charge is 2.37. The molecular weight excluding hydrogens is 231 g/mol. The number of ether oxygens (including phenoxy) is 1. The Bertz CT molecular complexity index is 316. The zero-order chi connectivity index (χ0) is 10.8. The molecule has 1 atom stereocenters. The zero-order valence-corrected chi connectivity index (χ0v) is 8.73. The first-order chi connectivity index (χ1) is 6.45. The van der Waals surface area contributed by atoms with Crippen LogP contribution in [0.5, 0.6) is 5.75 Å². The van der Waals surface area contributed by atoms with Gasteiger partial charge in [-0.25, -0.2) is 0 Å². The molecule has 0 fully saturated rings. The molecule has 0 aliphatic rings. The molecule has 0 amide bonds. The minimum absolute atomic E-state index is 0. The van der Waals surface area contributed by atoms with Crippen LogP contribution in [-0.2, 0) is 0 Å². The van der Waals surface area contributed by atoms with Gasteiger partial charge < -0.3 is 10.5 Å². The molecule has 0 radical (unpaired) electrons. The van der Waals surface area contributed by atoms with Crippen LogP contribution in [-0.4, -0.2) is 13.3 Å². The van der Waals surface area contributed by atoms with Crippen LogP contribution in [0.1, 0.15) is 11.6 Å². The molecule has 0 unspecified atom stereocenters. The molecule has 0 bridgehead atoms. The van der Waals surface area contributed by atoms with Crippen LogP contribution in [0.2, 0.25) is 0 Å². The highest BCUT2D eigenvalue weighted by Crippen LogP contribution is 2.31. The number of hydrogen-bond acceptors (Lipinski definition) is 2. The fourth-order valence-corrected chi connectivity index (χ4v) is 1.02. The molecule has 0 saturated heterocycles. The van der Waals surface area contributed by atoms with Gasteiger partial charge in [0.05, 0.1) is 7.11 Å². The van der Waals surface area contributed by atoms with Crippen LogP contribution in [0.15, 0.2) is 24.3 Å². The molecule has 15 heavy (non-hydrogen) atoms. The average Bonchev–Trinajstić information content (AvgIpc) is 2.15. The molecule has 1 aromatic rings. The summed E-state index contributed by atoms with van der Waals surface area (Å²) in [7, 11) is 1.39. The Hall–Kier alpha value is -0.940. The predicted octanol–water partition coefficient (Wildman–Crippen LogP) is 2.68. The average molecular weight is 242 g/mol. The van der Waals surface area contributed by atoms with Crippen molar-refractivity contribution >= 4 is 12.4 Å². The quantitative estimate of drug-likeness (QED) is 0.864. The molecule has 2 nitrogen and oxygen atoms in total. The molecular formula is C9H11ClF3NO. The van der Waals surface area contributed by atoms with Crippen LogP contribution in [0.4, 0.5) is 13.2 Å². The molecule has 2 N–H and O–H groups in total. The standard InChI is InChI=1S/C9H10F3NO.ClH/c1-14-7-4-2-3-6(5-7)8(13)9(10,11)12;/h2-5,8H,13H2,1H3;1H/t8-;/m0./s1. The summed E-state index contributed by atoms with van der Waals surface area (Å²) in [6, 6.07) is 3.67. The summed E-state index contributed by atoms with van der Waals surface area (Å²) in [6.45, 7) is 0. The van der Waals surface area contributed by atoms with E-state index in [0.717, 1.165) is 0 Å². The first-order valence-corrected chi connectivity index (χ1v) is 3.91. The predicted molar refractivity (Wildman–Crippen MR) is 53.2 cm³/mol. The summed E-state index contributed by atoms with van der Waals surface area (Å²) >= 11 is 0. The minimum Gasteiger partial charge on any atom is -0.497 e. The van der Waals surface area contributed by atoms with Crippen molar-refractivity contribution in [3.63, 3.8) is 0 Å². The lowest BCUT2D eigenvalue weighted by Crippen LogP contribution is -2.28. The van der Waals surface area contributed by atoms with Crippen molar-refractivity contribution in [2.45, 2.75) is 12.2 Å². The van der Waals surface area contributed by atoms with Gasteiger partial charge in [0.25, 0.3) is 0 Å². The molecule has 86 valence electrons. The maximum atomic E-state index is 12.2. The lowest BCUT2D eigenvalue weighted by molar-refractivity contribution is -0.149. The van der Waals surface area contributed by atoms with Gasteiger partial charge in [0, 0.05) is 0 Å².